The molecule has 1 amide bonds. The van der Waals surface area contributed by atoms with Crippen LogP contribution in [0.3, 0.4) is 0 Å². The zero-order valence-electron chi connectivity index (χ0n) is 15.0. The fraction of sp³-hybridized carbons (Fsp3) is 0.556. The number of nitrogens with one attached hydrogen (secondary N) is 2. The number of carbonyl (C=O) groups is 1. The third-order valence-electron chi connectivity index (χ3n) is 4.36. The van der Waals surface area contributed by atoms with Crippen molar-refractivity contribution in [1.29, 1.82) is 0 Å². The lowest BCUT2D eigenvalue weighted by Crippen LogP contribution is -2.42. The van der Waals surface area contributed by atoms with Crippen LogP contribution in [0.4, 0.5) is 8.78 Å². The first-order valence-electron chi connectivity index (χ1n) is 8.56. The zero-order chi connectivity index (χ0) is 18.4. The lowest BCUT2D eigenvalue weighted by molar-refractivity contribution is -0.127. The van der Waals surface area contributed by atoms with E-state index in [0.717, 1.165) is 31.9 Å². The molecule has 0 unspecified atom stereocenters. The van der Waals surface area contributed by atoms with Gasteiger partial charge in [-0.3, -0.25) is 4.79 Å². The molecule has 0 spiro atoms. The second-order valence-electron chi connectivity index (χ2n) is 6.64. The summed E-state index contributed by atoms with van der Waals surface area (Å²) in [6, 6.07) is 3.74. The summed E-state index contributed by atoms with van der Waals surface area (Å²) in [6.07, 6.45) is 2.58. The predicted molar refractivity (Wildman–Crippen MR) is 94.6 cm³/mol. The van der Waals surface area contributed by atoms with Crippen molar-refractivity contribution in [3.8, 4) is 0 Å². The van der Waals surface area contributed by atoms with E-state index in [9.17, 15) is 13.6 Å². The molecule has 0 radical (unpaired) electrons. The van der Waals surface area contributed by atoms with Crippen LogP contribution in [0.2, 0.25) is 0 Å². The summed E-state index contributed by atoms with van der Waals surface area (Å²) in [5, 5.41) is 6.35. The Bertz CT molecular complexity index is 642. The number of likely N-dealkylation sites (N-methyl/N-ethyl adjacent to an activating group) is 1. The molecule has 1 fully saturated rings. The van der Waals surface area contributed by atoms with E-state index < -0.39 is 11.6 Å². The normalized spacial score (nSPS) is 15.6. The molecule has 0 atom stereocenters. The fourth-order valence-corrected chi connectivity index (χ4v) is 2.57. The Morgan fingerprint density at radius 1 is 1.28 bits per heavy atom. The van der Waals surface area contributed by atoms with Crippen molar-refractivity contribution in [2.45, 2.75) is 31.6 Å². The highest BCUT2D eigenvalue weighted by Crippen LogP contribution is 2.48. The molecule has 2 rings (SSSR count). The molecule has 0 aliphatic heterocycles. The highest BCUT2D eigenvalue weighted by molar-refractivity contribution is 5.84. The summed E-state index contributed by atoms with van der Waals surface area (Å²) in [5.41, 5.74) is 0.193. The monoisotopic (exact) mass is 352 g/mol. The molecule has 1 aliphatic rings. The third-order valence-corrected chi connectivity index (χ3v) is 4.36. The van der Waals surface area contributed by atoms with Gasteiger partial charge >= 0.3 is 0 Å². The van der Waals surface area contributed by atoms with E-state index in [0.29, 0.717) is 18.1 Å². The Balaban J connectivity index is 2.03. The maximum atomic E-state index is 14.1. The summed E-state index contributed by atoms with van der Waals surface area (Å²) < 4.78 is 27.2. The first-order chi connectivity index (χ1) is 11.9. The maximum absolute atomic E-state index is 14.1. The number of guanidine groups is 1. The lowest BCUT2D eigenvalue weighted by atomic mass is 9.95. The van der Waals surface area contributed by atoms with E-state index in [1.54, 1.807) is 14.1 Å². The number of amides is 1. The number of hydrogen-bond acceptors (Lipinski definition) is 2. The number of hydrogen-bond donors (Lipinski definition) is 2. The van der Waals surface area contributed by atoms with Crippen LogP contribution in [0.1, 0.15) is 31.7 Å². The molecule has 138 valence electrons. The number of benzene rings is 1. The molecule has 1 aliphatic carbocycles. The Morgan fingerprint density at radius 3 is 2.56 bits per heavy atom. The molecule has 5 nitrogen and oxygen atoms in total. The number of carbonyl (C=O) groups excluding carboxylic acids is 1. The average molecular weight is 352 g/mol. The molecule has 1 saturated carbocycles. The Hall–Kier alpha value is -2.18. The van der Waals surface area contributed by atoms with E-state index in [1.807, 2.05) is 6.92 Å². The van der Waals surface area contributed by atoms with Crippen LogP contribution in [-0.2, 0) is 10.2 Å². The van der Waals surface area contributed by atoms with Crippen LogP contribution in [0.25, 0.3) is 0 Å². The molecule has 25 heavy (non-hydrogen) atoms. The predicted octanol–water partition coefficient (Wildman–Crippen LogP) is 2.03. The van der Waals surface area contributed by atoms with E-state index in [4.69, 9.17) is 0 Å². The van der Waals surface area contributed by atoms with Crippen LogP contribution in [0, 0.1) is 11.6 Å². The molecule has 1 aromatic carbocycles. The van der Waals surface area contributed by atoms with Gasteiger partial charge in [-0.25, -0.2) is 13.8 Å². The molecule has 0 heterocycles. The highest BCUT2D eigenvalue weighted by atomic mass is 19.1. The van der Waals surface area contributed by atoms with Gasteiger partial charge in [-0.05, 0) is 30.9 Å². The van der Waals surface area contributed by atoms with Gasteiger partial charge in [0.15, 0.2) is 5.96 Å². The van der Waals surface area contributed by atoms with E-state index >= 15 is 0 Å². The van der Waals surface area contributed by atoms with Crippen LogP contribution >= 0.6 is 0 Å². The van der Waals surface area contributed by atoms with E-state index in [1.165, 1.54) is 17.0 Å². The number of nitrogens with zero attached hydrogens (tertiary/aromatic N) is 2. The van der Waals surface area contributed by atoms with Crippen molar-refractivity contribution in [2.24, 2.45) is 4.99 Å². The SMILES string of the molecule is CCCNC(=NCC(=O)N(C)C)NCC1(c2ccc(F)cc2F)CC1. The molecule has 0 aromatic heterocycles. The van der Waals surface area contributed by atoms with Crippen LogP contribution in [0.5, 0.6) is 0 Å². The fourth-order valence-electron chi connectivity index (χ4n) is 2.57. The molecule has 0 bridgehead atoms. The van der Waals surface area contributed by atoms with Crippen molar-refractivity contribution < 1.29 is 13.6 Å². The van der Waals surface area contributed by atoms with Gasteiger partial charge in [0, 0.05) is 38.7 Å². The van der Waals surface area contributed by atoms with Gasteiger partial charge in [-0.2, -0.15) is 0 Å². The van der Waals surface area contributed by atoms with Crippen molar-refractivity contribution in [3.63, 3.8) is 0 Å². The summed E-state index contributed by atoms with van der Waals surface area (Å²) in [7, 11) is 3.36. The number of halogens is 2. The third kappa shape index (κ3) is 5.14. The smallest absolute Gasteiger partial charge is 0.243 e. The summed E-state index contributed by atoms with van der Waals surface area (Å²) in [5.74, 6) is -0.643. The minimum Gasteiger partial charge on any atom is -0.356 e. The number of aliphatic imine (C=N–C) groups is 1. The first kappa shape index (κ1) is 19.1. The standard InChI is InChI=1S/C18H26F2N4O/c1-4-9-21-17(22-11-16(25)24(2)3)23-12-18(7-8-18)14-6-5-13(19)10-15(14)20/h5-6,10H,4,7-9,11-12H2,1-3H3,(H2,21,22,23). The molecule has 2 N–H and O–H groups in total. The van der Waals surface area contributed by atoms with Gasteiger partial charge in [0.05, 0.1) is 0 Å². The minimum atomic E-state index is -0.570. The lowest BCUT2D eigenvalue weighted by Gasteiger charge is -2.20. The van der Waals surface area contributed by atoms with E-state index in [2.05, 4.69) is 15.6 Å². The summed E-state index contributed by atoms with van der Waals surface area (Å²) >= 11 is 0. The molecule has 1 aromatic rings. The summed E-state index contributed by atoms with van der Waals surface area (Å²) in [4.78, 5) is 17.5. The molecular weight excluding hydrogens is 326 g/mol. The summed E-state index contributed by atoms with van der Waals surface area (Å²) in [6.45, 7) is 3.29. The Morgan fingerprint density at radius 2 is 2.00 bits per heavy atom. The highest BCUT2D eigenvalue weighted by Gasteiger charge is 2.46. The van der Waals surface area contributed by atoms with Gasteiger partial charge < -0.3 is 15.5 Å². The Kier molecular flexibility index (Phi) is 6.33. The van der Waals surface area contributed by atoms with Crippen LogP contribution < -0.4 is 10.6 Å². The van der Waals surface area contributed by atoms with Crippen molar-refractivity contribution in [1.82, 2.24) is 15.5 Å². The van der Waals surface area contributed by atoms with Crippen molar-refractivity contribution in [3.05, 3.63) is 35.4 Å². The van der Waals surface area contributed by atoms with Gasteiger partial charge in [0.2, 0.25) is 5.91 Å². The van der Waals surface area contributed by atoms with Gasteiger partial charge in [-0.1, -0.05) is 13.0 Å². The van der Waals surface area contributed by atoms with Crippen LogP contribution in [0.15, 0.2) is 23.2 Å². The quantitative estimate of drug-likeness (QED) is 0.583. The molecule has 7 heteroatoms. The largest absolute Gasteiger partial charge is 0.356 e. The second kappa shape index (κ2) is 8.27. The van der Waals surface area contributed by atoms with Gasteiger partial charge in [-0.15, -0.1) is 0 Å². The Labute approximate surface area is 147 Å². The van der Waals surface area contributed by atoms with Crippen LogP contribution in [-0.4, -0.2) is 50.5 Å². The topological polar surface area (TPSA) is 56.7 Å². The number of rotatable bonds is 7. The first-order valence-corrected chi connectivity index (χ1v) is 8.56. The van der Waals surface area contributed by atoms with Gasteiger partial charge in [0.25, 0.3) is 0 Å². The average Bonchev–Trinajstić information content (AvgIpc) is 3.34. The molecule has 0 saturated heterocycles. The minimum absolute atomic E-state index is 0.0456. The van der Waals surface area contributed by atoms with Gasteiger partial charge in [0.1, 0.15) is 18.2 Å². The van der Waals surface area contributed by atoms with Crippen molar-refractivity contribution in [2.75, 3.05) is 33.7 Å². The molecular formula is C18H26F2N4O. The van der Waals surface area contributed by atoms with E-state index in [-0.39, 0.29) is 17.9 Å². The second-order valence-corrected chi connectivity index (χ2v) is 6.64. The van der Waals surface area contributed by atoms with Crippen molar-refractivity contribution >= 4 is 11.9 Å². The zero-order valence-corrected chi connectivity index (χ0v) is 15.0. The maximum Gasteiger partial charge on any atom is 0.243 e.